The van der Waals surface area contributed by atoms with E-state index in [2.05, 4.69) is 38.1 Å². The molecule has 0 amide bonds. The molecule has 0 radical (unpaired) electrons. The Morgan fingerprint density at radius 1 is 1.50 bits per heavy atom. The lowest BCUT2D eigenvalue weighted by molar-refractivity contribution is 0.0995. The second-order valence-electron chi connectivity index (χ2n) is 4.65. The van der Waals surface area contributed by atoms with E-state index in [1.54, 1.807) is 0 Å². The van der Waals surface area contributed by atoms with Crippen molar-refractivity contribution in [1.29, 1.82) is 0 Å². The SMILES string of the molecule is CCc1cccc(C(N)C2CCOC2C)c1. The molecule has 1 aromatic rings. The van der Waals surface area contributed by atoms with Gasteiger partial charge in [-0.1, -0.05) is 31.2 Å². The van der Waals surface area contributed by atoms with Crippen molar-refractivity contribution in [2.75, 3.05) is 6.61 Å². The molecule has 1 fully saturated rings. The summed E-state index contributed by atoms with van der Waals surface area (Å²) in [5, 5.41) is 0. The first-order valence-corrected chi connectivity index (χ1v) is 6.18. The van der Waals surface area contributed by atoms with Crippen LogP contribution in [0.4, 0.5) is 0 Å². The van der Waals surface area contributed by atoms with E-state index in [9.17, 15) is 0 Å². The fraction of sp³-hybridized carbons (Fsp3) is 0.571. The van der Waals surface area contributed by atoms with E-state index in [1.807, 2.05) is 0 Å². The van der Waals surface area contributed by atoms with Gasteiger partial charge in [-0.05, 0) is 30.9 Å². The van der Waals surface area contributed by atoms with Gasteiger partial charge in [0.05, 0.1) is 6.10 Å². The second kappa shape index (κ2) is 4.98. The Balaban J connectivity index is 2.16. The van der Waals surface area contributed by atoms with Gasteiger partial charge in [0.1, 0.15) is 0 Å². The van der Waals surface area contributed by atoms with Crippen LogP contribution in [0.2, 0.25) is 0 Å². The average molecular weight is 219 g/mol. The van der Waals surface area contributed by atoms with E-state index in [1.165, 1.54) is 11.1 Å². The Morgan fingerprint density at radius 3 is 2.94 bits per heavy atom. The van der Waals surface area contributed by atoms with Crippen LogP contribution in [0.1, 0.15) is 37.4 Å². The van der Waals surface area contributed by atoms with Gasteiger partial charge in [0.15, 0.2) is 0 Å². The summed E-state index contributed by atoms with van der Waals surface area (Å²) in [6.45, 7) is 5.15. The highest BCUT2D eigenvalue weighted by atomic mass is 16.5. The molecule has 1 saturated heterocycles. The Kier molecular flexibility index (Phi) is 3.62. The minimum absolute atomic E-state index is 0.115. The molecule has 0 bridgehead atoms. The first-order valence-electron chi connectivity index (χ1n) is 6.18. The number of aryl methyl sites for hydroxylation is 1. The highest BCUT2D eigenvalue weighted by Crippen LogP contribution is 2.31. The van der Waals surface area contributed by atoms with Crippen LogP contribution in [0.15, 0.2) is 24.3 Å². The van der Waals surface area contributed by atoms with E-state index in [0.29, 0.717) is 12.0 Å². The van der Waals surface area contributed by atoms with E-state index >= 15 is 0 Å². The lowest BCUT2D eigenvalue weighted by Crippen LogP contribution is -2.26. The molecule has 0 aliphatic carbocycles. The topological polar surface area (TPSA) is 35.2 Å². The van der Waals surface area contributed by atoms with Gasteiger partial charge in [-0.2, -0.15) is 0 Å². The average Bonchev–Trinajstić information content (AvgIpc) is 2.74. The van der Waals surface area contributed by atoms with E-state index in [-0.39, 0.29) is 6.04 Å². The van der Waals surface area contributed by atoms with Gasteiger partial charge in [0.25, 0.3) is 0 Å². The zero-order chi connectivity index (χ0) is 11.5. The highest BCUT2D eigenvalue weighted by Gasteiger charge is 2.30. The minimum atomic E-state index is 0.115. The molecular formula is C14H21NO. The number of hydrogen-bond donors (Lipinski definition) is 1. The van der Waals surface area contributed by atoms with Crippen LogP contribution in [0, 0.1) is 5.92 Å². The summed E-state index contributed by atoms with van der Waals surface area (Å²) in [5.74, 6) is 0.465. The Hall–Kier alpha value is -0.860. The standard InChI is InChI=1S/C14H21NO/c1-3-11-5-4-6-12(9-11)14(15)13-7-8-16-10(13)2/h4-6,9-10,13-14H,3,7-8,15H2,1-2H3. The summed E-state index contributed by atoms with van der Waals surface area (Å²) in [6.07, 6.45) is 2.44. The summed E-state index contributed by atoms with van der Waals surface area (Å²) in [5.41, 5.74) is 8.95. The normalized spacial score (nSPS) is 26.9. The fourth-order valence-electron chi connectivity index (χ4n) is 2.49. The lowest BCUT2D eigenvalue weighted by atomic mass is 9.88. The molecule has 2 N–H and O–H groups in total. The van der Waals surface area contributed by atoms with Crippen LogP contribution in [0.25, 0.3) is 0 Å². The van der Waals surface area contributed by atoms with Gasteiger partial charge in [0.2, 0.25) is 0 Å². The molecule has 16 heavy (non-hydrogen) atoms. The molecule has 1 aromatic carbocycles. The number of hydrogen-bond acceptors (Lipinski definition) is 2. The summed E-state index contributed by atoms with van der Waals surface area (Å²) in [6, 6.07) is 8.74. The largest absolute Gasteiger partial charge is 0.378 e. The maximum absolute atomic E-state index is 6.33. The molecule has 3 atom stereocenters. The molecule has 1 heterocycles. The van der Waals surface area contributed by atoms with Crippen LogP contribution in [-0.2, 0) is 11.2 Å². The molecule has 88 valence electrons. The third-order valence-electron chi connectivity index (χ3n) is 3.64. The monoisotopic (exact) mass is 219 g/mol. The van der Waals surface area contributed by atoms with Gasteiger partial charge in [-0.25, -0.2) is 0 Å². The van der Waals surface area contributed by atoms with E-state index in [4.69, 9.17) is 10.5 Å². The van der Waals surface area contributed by atoms with Crippen molar-refractivity contribution >= 4 is 0 Å². The smallest absolute Gasteiger partial charge is 0.0594 e. The Labute approximate surface area is 97.8 Å². The molecule has 2 heteroatoms. The van der Waals surface area contributed by atoms with Crippen molar-refractivity contribution < 1.29 is 4.74 Å². The summed E-state index contributed by atoms with van der Waals surface area (Å²) in [7, 11) is 0. The van der Waals surface area contributed by atoms with Crippen LogP contribution >= 0.6 is 0 Å². The van der Waals surface area contributed by atoms with Crippen LogP contribution in [0.3, 0.4) is 0 Å². The quantitative estimate of drug-likeness (QED) is 0.848. The van der Waals surface area contributed by atoms with Crippen molar-refractivity contribution in [3.63, 3.8) is 0 Å². The predicted molar refractivity (Wildman–Crippen MR) is 66.3 cm³/mol. The molecule has 3 unspecified atom stereocenters. The molecule has 1 aliphatic rings. The Bertz CT molecular complexity index is 350. The van der Waals surface area contributed by atoms with Crippen LogP contribution in [0.5, 0.6) is 0 Å². The van der Waals surface area contributed by atoms with Gasteiger partial charge in [-0.15, -0.1) is 0 Å². The van der Waals surface area contributed by atoms with E-state index < -0.39 is 0 Å². The molecule has 1 aliphatic heterocycles. The molecule has 0 aromatic heterocycles. The fourth-order valence-corrected chi connectivity index (χ4v) is 2.49. The second-order valence-corrected chi connectivity index (χ2v) is 4.65. The van der Waals surface area contributed by atoms with Crippen LogP contribution < -0.4 is 5.73 Å². The maximum Gasteiger partial charge on any atom is 0.0594 e. The van der Waals surface area contributed by atoms with Crippen LogP contribution in [-0.4, -0.2) is 12.7 Å². The van der Waals surface area contributed by atoms with Crippen molar-refractivity contribution in [1.82, 2.24) is 0 Å². The third kappa shape index (κ3) is 2.28. The molecule has 0 spiro atoms. The van der Waals surface area contributed by atoms with Gasteiger partial charge >= 0.3 is 0 Å². The zero-order valence-electron chi connectivity index (χ0n) is 10.1. The van der Waals surface area contributed by atoms with Gasteiger partial charge < -0.3 is 10.5 Å². The third-order valence-corrected chi connectivity index (χ3v) is 3.64. The van der Waals surface area contributed by atoms with Crippen molar-refractivity contribution in [2.24, 2.45) is 11.7 Å². The summed E-state index contributed by atoms with van der Waals surface area (Å²) in [4.78, 5) is 0. The Morgan fingerprint density at radius 2 is 2.31 bits per heavy atom. The first-order chi connectivity index (χ1) is 7.72. The van der Waals surface area contributed by atoms with E-state index in [0.717, 1.165) is 19.4 Å². The molecule has 2 rings (SSSR count). The van der Waals surface area contributed by atoms with Gasteiger partial charge in [-0.3, -0.25) is 0 Å². The summed E-state index contributed by atoms with van der Waals surface area (Å²) < 4.78 is 5.58. The van der Waals surface area contributed by atoms with Gasteiger partial charge in [0, 0.05) is 18.6 Å². The minimum Gasteiger partial charge on any atom is -0.378 e. The molecule has 2 nitrogen and oxygen atoms in total. The first kappa shape index (κ1) is 11.6. The zero-order valence-corrected chi connectivity index (χ0v) is 10.1. The maximum atomic E-state index is 6.33. The van der Waals surface area contributed by atoms with Crippen molar-refractivity contribution in [3.8, 4) is 0 Å². The number of rotatable bonds is 3. The number of ether oxygens (including phenoxy) is 1. The highest BCUT2D eigenvalue weighted by molar-refractivity contribution is 5.26. The lowest BCUT2D eigenvalue weighted by Gasteiger charge is -2.22. The summed E-state index contributed by atoms with van der Waals surface area (Å²) >= 11 is 0. The predicted octanol–water partition coefficient (Wildman–Crippen LogP) is 2.67. The number of benzene rings is 1. The number of nitrogens with two attached hydrogens (primary N) is 1. The molecular weight excluding hydrogens is 198 g/mol. The molecule has 0 saturated carbocycles. The van der Waals surface area contributed by atoms with Crippen molar-refractivity contribution in [2.45, 2.75) is 38.8 Å². The van der Waals surface area contributed by atoms with Crippen molar-refractivity contribution in [3.05, 3.63) is 35.4 Å².